The monoisotopic (exact) mass is 253 g/mol. The SMILES string of the molecule is NCCCNC(=O)CCSCc1ccccn1. The summed E-state index contributed by atoms with van der Waals surface area (Å²) < 4.78 is 0. The molecule has 0 saturated heterocycles. The van der Waals surface area contributed by atoms with Crippen LogP contribution < -0.4 is 11.1 Å². The van der Waals surface area contributed by atoms with Crippen LogP contribution in [0.15, 0.2) is 24.4 Å². The van der Waals surface area contributed by atoms with Gasteiger partial charge in [-0.15, -0.1) is 0 Å². The number of amides is 1. The number of nitrogens with two attached hydrogens (primary N) is 1. The molecular weight excluding hydrogens is 234 g/mol. The van der Waals surface area contributed by atoms with Gasteiger partial charge in [0, 0.05) is 30.7 Å². The molecule has 1 amide bonds. The molecule has 3 N–H and O–H groups in total. The number of hydrogen-bond donors (Lipinski definition) is 2. The Labute approximate surface area is 106 Å². The molecule has 0 radical (unpaired) electrons. The Hall–Kier alpha value is -1.07. The van der Waals surface area contributed by atoms with Crippen LogP contribution in [-0.4, -0.2) is 29.7 Å². The second kappa shape index (κ2) is 9.01. The fraction of sp³-hybridized carbons (Fsp3) is 0.500. The fourth-order valence-corrected chi connectivity index (χ4v) is 2.10. The third-order valence-electron chi connectivity index (χ3n) is 2.15. The lowest BCUT2D eigenvalue weighted by molar-refractivity contribution is -0.120. The quantitative estimate of drug-likeness (QED) is 0.682. The van der Waals surface area contributed by atoms with Gasteiger partial charge in [-0.25, -0.2) is 0 Å². The van der Waals surface area contributed by atoms with Gasteiger partial charge in [-0.3, -0.25) is 9.78 Å². The van der Waals surface area contributed by atoms with Gasteiger partial charge in [0.25, 0.3) is 0 Å². The number of aromatic nitrogens is 1. The van der Waals surface area contributed by atoms with Crippen molar-refractivity contribution in [3.63, 3.8) is 0 Å². The second-order valence-corrected chi connectivity index (χ2v) is 4.72. The minimum Gasteiger partial charge on any atom is -0.356 e. The number of nitrogens with zero attached hydrogens (tertiary/aromatic N) is 1. The molecule has 0 aliphatic rings. The summed E-state index contributed by atoms with van der Waals surface area (Å²) in [6.07, 6.45) is 3.18. The predicted octanol–water partition coefficient (Wildman–Crippen LogP) is 1.17. The molecule has 1 heterocycles. The van der Waals surface area contributed by atoms with E-state index in [-0.39, 0.29) is 5.91 Å². The molecule has 0 aliphatic carbocycles. The summed E-state index contributed by atoms with van der Waals surface area (Å²) in [6, 6.07) is 5.87. The third kappa shape index (κ3) is 6.97. The van der Waals surface area contributed by atoms with Crippen LogP contribution in [0.2, 0.25) is 0 Å². The molecule has 0 bridgehead atoms. The largest absolute Gasteiger partial charge is 0.356 e. The number of rotatable bonds is 8. The van der Waals surface area contributed by atoms with Crippen LogP contribution in [0.1, 0.15) is 18.5 Å². The van der Waals surface area contributed by atoms with Crippen molar-refractivity contribution < 1.29 is 4.79 Å². The first-order valence-corrected chi connectivity index (χ1v) is 6.93. The van der Waals surface area contributed by atoms with E-state index in [0.29, 0.717) is 19.5 Å². The Morgan fingerprint density at radius 3 is 3.06 bits per heavy atom. The Bertz CT molecular complexity index is 319. The zero-order chi connectivity index (χ0) is 12.3. The first-order valence-electron chi connectivity index (χ1n) is 5.77. The maximum atomic E-state index is 11.3. The molecule has 0 atom stereocenters. The van der Waals surface area contributed by atoms with Crippen molar-refractivity contribution in [2.45, 2.75) is 18.6 Å². The van der Waals surface area contributed by atoms with Crippen molar-refractivity contribution in [2.75, 3.05) is 18.8 Å². The lowest BCUT2D eigenvalue weighted by Crippen LogP contribution is -2.26. The average molecular weight is 253 g/mol. The summed E-state index contributed by atoms with van der Waals surface area (Å²) in [5, 5.41) is 2.83. The molecule has 0 fully saturated rings. The predicted molar refractivity (Wildman–Crippen MR) is 71.7 cm³/mol. The standard InChI is InChI=1S/C12H19N3OS/c13-6-3-8-15-12(16)5-9-17-10-11-4-1-2-7-14-11/h1-2,4,7H,3,5-6,8-10,13H2,(H,15,16). The van der Waals surface area contributed by atoms with Crippen molar-refractivity contribution in [2.24, 2.45) is 5.73 Å². The highest BCUT2D eigenvalue weighted by Crippen LogP contribution is 2.10. The van der Waals surface area contributed by atoms with E-state index >= 15 is 0 Å². The molecule has 17 heavy (non-hydrogen) atoms. The van der Waals surface area contributed by atoms with Crippen molar-refractivity contribution in [1.29, 1.82) is 0 Å². The van der Waals surface area contributed by atoms with Crippen LogP contribution in [0.4, 0.5) is 0 Å². The number of carbonyl (C=O) groups excluding carboxylic acids is 1. The van der Waals surface area contributed by atoms with E-state index in [0.717, 1.165) is 23.6 Å². The maximum absolute atomic E-state index is 11.3. The normalized spacial score (nSPS) is 10.2. The Kier molecular flexibility index (Phi) is 7.42. The lowest BCUT2D eigenvalue weighted by atomic mass is 10.4. The third-order valence-corrected chi connectivity index (χ3v) is 3.15. The zero-order valence-electron chi connectivity index (χ0n) is 9.89. The Morgan fingerprint density at radius 2 is 2.35 bits per heavy atom. The van der Waals surface area contributed by atoms with Crippen LogP contribution in [0.5, 0.6) is 0 Å². The van der Waals surface area contributed by atoms with Gasteiger partial charge in [0.1, 0.15) is 0 Å². The minimum atomic E-state index is 0.104. The molecule has 0 aromatic carbocycles. The van der Waals surface area contributed by atoms with Gasteiger partial charge in [-0.1, -0.05) is 6.07 Å². The van der Waals surface area contributed by atoms with Gasteiger partial charge in [-0.2, -0.15) is 11.8 Å². The maximum Gasteiger partial charge on any atom is 0.220 e. The number of nitrogens with one attached hydrogen (secondary N) is 1. The molecular formula is C12H19N3OS. The minimum absolute atomic E-state index is 0.104. The molecule has 1 aromatic heterocycles. The first-order chi connectivity index (χ1) is 8.33. The van der Waals surface area contributed by atoms with Crippen LogP contribution in [0.3, 0.4) is 0 Å². The highest BCUT2D eigenvalue weighted by atomic mass is 32.2. The van der Waals surface area contributed by atoms with Gasteiger partial charge >= 0.3 is 0 Å². The van der Waals surface area contributed by atoms with Gasteiger partial charge in [0.15, 0.2) is 0 Å². The molecule has 1 aromatic rings. The van der Waals surface area contributed by atoms with E-state index in [9.17, 15) is 4.79 Å². The topological polar surface area (TPSA) is 68.0 Å². The summed E-state index contributed by atoms with van der Waals surface area (Å²) >= 11 is 1.73. The first kappa shape index (κ1) is 14.0. The molecule has 4 nitrogen and oxygen atoms in total. The van der Waals surface area contributed by atoms with E-state index in [1.807, 2.05) is 18.2 Å². The van der Waals surface area contributed by atoms with Crippen molar-refractivity contribution in [1.82, 2.24) is 10.3 Å². The Balaban J connectivity index is 2.02. The van der Waals surface area contributed by atoms with Crippen molar-refractivity contribution in [3.8, 4) is 0 Å². The van der Waals surface area contributed by atoms with Gasteiger partial charge in [0.2, 0.25) is 5.91 Å². The molecule has 0 saturated carbocycles. The van der Waals surface area contributed by atoms with Crippen LogP contribution in [-0.2, 0) is 10.5 Å². The lowest BCUT2D eigenvalue weighted by Gasteiger charge is -2.04. The van der Waals surface area contributed by atoms with E-state index in [2.05, 4.69) is 10.3 Å². The van der Waals surface area contributed by atoms with Gasteiger partial charge in [-0.05, 0) is 25.1 Å². The molecule has 0 unspecified atom stereocenters. The summed E-state index contributed by atoms with van der Waals surface area (Å²) in [5.74, 6) is 1.79. The van der Waals surface area contributed by atoms with E-state index in [4.69, 9.17) is 5.73 Å². The number of carbonyl (C=O) groups is 1. The van der Waals surface area contributed by atoms with Crippen molar-refractivity contribution in [3.05, 3.63) is 30.1 Å². The fourth-order valence-electron chi connectivity index (χ4n) is 1.24. The molecule has 94 valence electrons. The number of thioether (sulfide) groups is 1. The van der Waals surface area contributed by atoms with E-state index in [1.54, 1.807) is 18.0 Å². The summed E-state index contributed by atoms with van der Waals surface area (Å²) in [7, 11) is 0. The highest BCUT2D eigenvalue weighted by Gasteiger charge is 2.00. The van der Waals surface area contributed by atoms with Gasteiger partial charge in [0.05, 0.1) is 5.69 Å². The van der Waals surface area contributed by atoms with E-state index < -0.39 is 0 Å². The van der Waals surface area contributed by atoms with Crippen LogP contribution in [0.25, 0.3) is 0 Å². The molecule has 0 aliphatic heterocycles. The molecule has 0 spiro atoms. The smallest absolute Gasteiger partial charge is 0.220 e. The molecule has 5 heteroatoms. The second-order valence-electron chi connectivity index (χ2n) is 3.62. The van der Waals surface area contributed by atoms with E-state index in [1.165, 1.54) is 0 Å². The average Bonchev–Trinajstić information content (AvgIpc) is 2.36. The van der Waals surface area contributed by atoms with Crippen LogP contribution in [0, 0.1) is 0 Å². The highest BCUT2D eigenvalue weighted by molar-refractivity contribution is 7.98. The zero-order valence-corrected chi connectivity index (χ0v) is 10.7. The van der Waals surface area contributed by atoms with Crippen LogP contribution >= 0.6 is 11.8 Å². The number of hydrogen-bond acceptors (Lipinski definition) is 4. The van der Waals surface area contributed by atoms with Gasteiger partial charge < -0.3 is 11.1 Å². The summed E-state index contributed by atoms with van der Waals surface area (Å²) in [5.41, 5.74) is 6.39. The summed E-state index contributed by atoms with van der Waals surface area (Å²) in [4.78, 5) is 15.6. The van der Waals surface area contributed by atoms with Crippen molar-refractivity contribution >= 4 is 17.7 Å². The number of pyridine rings is 1. The Morgan fingerprint density at radius 1 is 1.47 bits per heavy atom. The molecule has 1 rings (SSSR count). The summed E-state index contributed by atoms with van der Waals surface area (Å²) in [6.45, 7) is 1.30.